The lowest BCUT2D eigenvalue weighted by atomic mass is 10.1. The zero-order valence-corrected chi connectivity index (χ0v) is 11.0. The molecule has 0 amide bonds. The van der Waals surface area contributed by atoms with Crippen LogP contribution in [0.3, 0.4) is 0 Å². The molecule has 1 aliphatic carbocycles. The third kappa shape index (κ3) is 3.14. The predicted molar refractivity (Wildman–Crippen MR) is 62.6 cm³/mol. The van der Waals surface area contributed by atoms with Crippen molar-refractivity contribution in [1.29, 1.82) is 0 Å². The Labute approximate surface area is 93.8 Å². The summed E-state index contributed by atoms with van der Waals surface area (Å²) in [5.41, 5.74) is 0. The molecule has 0 spiro atoms. The molecule has 0 heterocycles. The van der Waals surface area contributed by atoms with Crippen LogP contribution >= 0.6 is 0 Å². The third-order valence-electron chi connectivity index (χ3n) is 2.99. The molecule has 0 N–H and O–H groups in total. The molecule has 0 aromatic heterocycles. The van der Waals surface area contributed by atoms with Crippen LogP contribution in [0.15, 0.2) is 11.3 Å². The Morgan fingerprint density at radius 2 is 1.53 bits per heavy atom. The Morgan fingerprint density at radius 1 is 0.933 bits per heavy atom. The fourth-order valence-corrected chi connectivity index (χ4v) is 4.28. The Bertz CT molecular complexity index is 204. The van der Waals surface area contributed by atoms with Crippen LogP contribution in [-0.4, -0.2) is 30.1 Å². The van der Waals surface area contributed by atoms with E-state index in [4.69, 9.17) is 13.3 Å². The summed E-state index contributed by atoms with van der Waals surface area (Å²) in [6.45, 7) is 0. The molecule has 15 heavy (non-hydrogen) atoms. The van der Waals surface area contributed by atoms with Gasteiger partial charge in [0.1, 0.15) is 0 Å². The van der Waals surface area contributed by atoms with Gasteiger partial charge in [-0.15, -0.1) is 0 Å². The summed E-state index contributed by atoms with van der Waals surface area (Å²) in [6, 6.07) is 0. The van der Waals surface area contributed by atoms with E-state index in [1.165, 1.54) is 30.9 Å². The number of rotatable bonds is 4. The van der Waals surface area contributed by atoms with Gasteiger partial charge in [0.2, 0.25) is 0 Å². The topological polar surface area (TPSA) is 27.7 Å². The first-order valence-corrected chi connectivity index (χ1v) is 7.36. The molecular weight excluding hydrogens is 208 g/mol. The monoisotopic (exact) mass is 230 g/mol. The molecule has 0 aromatic carbocycles. The lowest BCUT2D eigenvalue weighted by molar-refractivity contribution is 0.133. The fourth-order valence-electron chi connectivity index (χ4n) is 2.11. The first-order chi connectivity index (χ1) is 7.29. The average Bonchev–Trinajstić information content (AvgIpc) is 2.23. The van der Waals surface area contributed by atoms with Crippen molar-refractivity contribution in [2.45, 2.75) is 38.5 Å². The van der Waals surface area contributed by atoms with Crippen LogP contribution in [-0.2, 0) is 13.3 Å². The van der Waals surface area contributed by atoms with E-state index in [1.807, 2.05) is 0 Å². The lowest BCUT2D eigenvalue weighted by Crippen LogP contribution is -2.45. The molecule has 3 nitrogen and oxygen atoms in total. The average molecular weight is 230 g/mol. The summed E-state index contributed by atoms with van der Waals surface area (Å²) in [5.74, 6) is 0. The summed E-state index contributed by atoms with van der Waals surface area (Å²) in [6.07, 6.45) is 9.58. The molecule has 1 aliphatic rings. The normalized spacial score (nSPS) is 22.7. The van der Waals surface area contributed by atoms with Gasteiger partial charge in [-0.25, -0.2) is 0 Å². The summed E-state index contributed by atoms with van der Waals surface area (Å²) < 4.78 is 16.5. The Balaban J connectivity index is 2.79. The van der Waals surface area contributed by atoms with Gasteiger partial charge in [-0.3, -0.25) is 0 Å². The van der Waals surface area contributed by atoms with Crippen molar-refractivity contribution in [2.24, 2.45) is 0 Å². The van der Waals surface area contributed by atoms with E-state index in [9.17, 15) is 0 Å². The number of hydrogen-bond donors (Lipinski definition) is 0. The van der Waals surface area contributed by atoms with Crippen molar-refractivity contribution in [3.63, 3.8) is 0 Å². The van der Waals surface area contributed by atoms with Crippen LogP contribution in [0.4, 0.5) is 0 Å². The molecule has 0 bridgehead atoms. The van der Waals surface area contributed by atoms with Crippen molar-refractivity contribution < 1.29 is 13.3 Å². The highest BCUT2D eigenvalue weighted by Crippen LogP contribution is 2.26. The van der Waals surface area contributed by atoms with Crippen molar-refractivity contribution in [3.8, 4) is 0 Å². The molecule has 0 saturated carbocycles. The zero-order valence-electron chi connectivity index (χ0n) is 10.0. The minimum Gasteiger partial charge on any atom is -0.374 e. The van der Waals surface area contributed by atoms with E-state index in [-0.39, 0.29) is 0 Å². The fraction of sp³-hybridized carbons (Fsp3) is 0.818. The van der Waals surface area contributed by atoms with Gasteiger partial charge in [-0.05, 0) is 30.9 Å². The van der Waals surface area contributed by atoms with E-state index in [0.717, 1.165) is 12.8 Å². The quantitative estimate of drug-likeness (QED) is 0.695. The Kier molecular flexibility index (Phi) is 5.53. The summed E-state index contributed by atoms with van der Waals surface area (Å²) in [7, 11) is 2.53. The molecule has 1 rings (SSSR count). The molecule has 0 aliphatic heterocycles. The third-order valence-corrected chi connectivity index (χ3v) is 5.84. The maximum absolute atomic E-state index is 5.50. The van der Waals surface area contributed by atoms with Crippen molar-refractivity contribution >= 4 is 8.80 Å². The molecular formula is C11H22O3Si. The highest BCUT2D eigenvalue weighted by Gasteiger charge is 2.42. The summed E-state index contributed by atoms with van der Waals surface area (Å²) in [4.78, 5) is 0. The van der Waals surface area contributed by atoms with Crippen molar-refractivity contribution in [2.75, 3.05) is 21.3 Å². The van der Waals surface area contributed by atoms with Crippen LogP contribution in [0, 0.1) is 0 Å². The van der Waals surface area contributed by atoms with Crippen molar-refractivity contribution in [1.82, 2.24) is 0 Å². The molecule has 4 heteroatoms. The van der Waals surface area contributed by atoms with Crippen LogP contribution in [0.25, 0.3) is 0 Å². The molecule has 0 fully saturated rings. The standard InChI is InChI=1S/C11H22O3Si/c1-12-15(13-2,14-3)11-9-7-5-4-6-8-10-11/h9H,4-8,10H2,1-3H3/b11-9+. The van der Waals surface area contributed by atoms with Gasteiger partial charge < -0.3 is 13.3 Å². The second-order valence-corrected chi connectivity index (χ2v) is 6.83. The maximum Gasteiger partial charge on any atom is 0.531 e. The second-order valence-electron chi connectivity index (χ2n) is 3.85. The van der Waals surface area contributed by atoms with Crippen LogP contribution in [0.5, 0.6) is 0 Å². The molecule has 88 valence electrons. The van der Waals surface area contributed by atoms with E-state index in [0.29, 0.717) is 0 Å². The molecule has 0 aromatic rings. The first-order valence-electron chi connectivity index (χ1n) is 5.64. The lowest BCUT2D eigenvalue weighted by Gasteiger charge is -2.27. The summed E-state index contributed by atoms with van der Waals surface area (Å²) in [5, 5.41) is 1.26. The largest absolute Gasteiger partial charge is 0.531 e. The van der Waals surface area contributed by atoms with Crippen LogP contribution in [0.1, 0.15) is 38.5 Å². The molecule has 0 unspecified atom stereocenters. The minimum atomic E-state index is -2.51. The van der Waals surface area contributed by atoms with Gasteiger partial charge in [0, 0.05) is 21.3 Å². The predicted octanol–water partition coefficient (Wildman–Crippen LogP) is 2.68. The van der Waals surface area contributed by atoms with E-state index < -0.39 is 8.80 Å². The maximum atomic E-state index is 5.50. The molecule has 0 atom stereocenters. The van der Waals surface area contributed by atoms with E-state index in [2.05, 4.69) is 6.08 Å². The SMILES string of the molecule is CO[Si](OC)(OC)/C1=C/CCCCCC1. The van der Waals surface area contributed by atoms with E-state index in [1.54, 1.807) is 21.3 Å². The smallest absolute Gasteiger partial charge is 0.374 e. The van der Waals surface area contributed by atoms with Gasteiger partial charge in [-0.2, -0.15) is 0 Å². The van der Waals surface area contributed by atoms with Crippen LogP contribution < -0.4 is 0 Å². The second kappa shape index (κ2) is 6.43. The number of allylic oxidation sites excluding steroid dienone is 2. The van der Waals surface area contributed by atoms with Gasteiger partial charge >= 0.3 is 8.80 Å². The van der Waals surface area contributed by atoms with Gasteiger partial charge in [0.15, 0.2) is 0 Å². The Morgan fingerprint density at radius 3 is 2.13 bits per heavy atom. The highest BCUT2D eigenvalue weighted by molar-refractivity contribution is 6.68. The molecule has 0 saturated heterocycles. The molecule has 0 radical (unpaired) electrons. The first kappa shape index (κ1) is 12.9. The summed E-state index contributed by atoms with van der Waals surface area (Å²) >= 11 is 0. The zero-order chi connectivity index (χ0) is 11.1. The Hall–Kier alpha value is -0.163. The van der Waals surface area contributed by atoms with Gasteiger partial charge in [0.25, 0.3) is 0 Å². The highest BCUT2D eigenvalue weighted by atomic mass is 28.4. The minimum absolute atomic E-state index is 1.06. The van der Waals surface area contributed by atoms with Gasteiger partial charge in [-0.1, -0.05) is 18.9 Å². The van der Waals surface area contributed by atoms with E-state index >= 15 is 0 Å². The number of hydrogen-bond acceptors (Lipinski definition) is 3. The van der Waals surface area contributed by atoms with Crippen LogP contribution in [0.2, 0.25) is 0 Å². The van der Waals surface area contributed by atoms with Gasteiger partial charge in [0.05, 0.1) is 0 Å². The van der Waals surface area contributed by atoms with Crippen molar-refractivity contribution in [3.05, 3.63) is 11.3 Å².